The van der Waals surface area contributed by atoms with Crippen molar-refractivity contribution in [2.24, 2.45) is 5.14 Å². The van der Waals surface area contributed by atoms with Crippen molar-refractivity contribution in [2.75, 3.05) is 5.75 Å². The molecule has 1 aromatic heterocycles. The predicted octanol–water partition coefficient (Wildman–Crippen LogP) is 1.46. The van der Waals surface area contributed by atoms with E-state index in [2.05, 4.69) is 29.9 Å². The van der Waals surface area contributed by atoms with Gasteiger partial charge in [0.25, 0.3) is 0 Å². The van der Waals surface area contributed by atoms with E-state index >= 15 is 0 Å². The lowest BCUT2D eigenvalue weighted by Gasteiger charge is -2.02. The largest absolute Gasteiger partial charge is 0.341 e. The van der Waals surface area contributed by atoms with Gasteiger partial charge < -0.3 is 4.57 Å². The number of hydrogen-bond donors (Lipinski definition) is 1. The molecule has 0 amide bonds. The van der Waals surface area contributed by atoms with E-state index in [-0.39, 0.29) is 0 Å². The standard InChI is InChI=1S/C13H16N2S/c1-10-12-6-3-4-7-13(12)11(2)15(10)8-5-9-16-14/h3-4,6-7H,1-2,5,8-9,14H2. The van der Waals surface area contributed by atoms with Crippen LogP contribution in [0, 0.1) is 0 Å². The first kappa shape index (κ1) is 11.3. The highest BCUT2D eigenvalue weighted by atomic mass is 32.2. The second kappa shape index (κ2) is 4.76. The van der Waals surface area contributed by atoms with Gasteiger partial charge in [0.05, 0.1) is 0 Å². The fourth-order valence-corrected chi connectivity index (χ4v) is 2.31. The first-order chi connectivity index (χ1) is 7.75. The molecule has 0 bridgehead atoms. The Morgan fingerprint density at radius 2 is 1.69 bits per heavy atom. The minimum Gasteiger partial charge on any atom is -0.341 e. The number of hydrogen-bond acceptors (Lipinski definition) is 2. The topological polar surface area (TPSA) is 30.9 Å². The van der Waals surface area contributed by atoms with Crippen molar-refractivity contribution in [3.8, 4) is 0 Å². The molecule has 0 fully saturated rings. The third-order valence-corrected chi connectivity index (χ3v) is 3.37. The van der Waals surface area contributed by atoms with Crippen LogP contribution < -0.4 is 15.8 Å². The first-order valence-corrected chi connectivity index (χ1v) is 6.37. The number of rotatable bonds is 4. The second-order valence-electron chi connectivity index (χ2n) is 3.81. The SMILES string of the molecule is C=c1c2ccccc2c(=C)n1CCCSN. The zero-order chi connectivity index (χ0) is 11.5. The van der Waals surface area contributed by atoms with E-state index in [4.69, 9.17) is 5.14 Å². The van der Waals surface area contributed by atoms with Gasteiger partial charge in [-0.2, -0.15) is 0 Å². The summed E-state index contributed by atoms with van der Waals surface area (Å²) >= 11 is 1.39. The smallest absolute Gasteiger partial charge is 0.0418 e. The highest BCUT2D eigenvalue weighted by Crippen LogP contribution is 2.05. The average Bonchev–Trinajstić information content (AvgIpc) is 2.55. The molecular formula is C13H16N2S. The molecule has 2 N–H and O–H groups in total. The molecule has 3 heteroatoms. The van der Waals surface area contributed by atoms with E-state index in [1.54, 1.807) is 0 Å². The highest BCUT2D eigenvalue weighted by Gasteiger charge is 2.03. The molecule has 0 unspecified atom stereocenters. The van der Waals surface area contributed by atoms with E-state index in [0.29, 0.717) is 0 Å². The maximum absolute atomic E-state index is 5.42. The van der Waals surface area contributed by atoms with Crippen LogP contribution in [-0.4, -0.2) is 10.3 Å². The Morgan fingerprint density at radius 3 is 2.19 bits per heavy atom. The van der Waals surface area contributed by atoms with E-state index in [1.807, 2.05) is 12.1 Å². The molecule has 0 aliphatic carbocycles. The van der Waals surface area contributed by atoms with Gasteiger partial charge in [0.1, 0.15) is 0 Å². The van der Waals surface area contributed by atoms with Crippen molar-refractivity contribution in [1.82, 2.24) is 4.57 Å². The van der Waals surface area contributed by atoms with Crippen molar-refractivity contribution in [3.05, 3.63) is 35.0 Å². The summed E-state index contributed by atoms with van der Waals surface area (Å²) in [6.07, 6.45) is 1.05. The van der Waals surface area contributed by atoms with Gasteiger partial charge in [0, 0.05) is 33.8 Å². The van der Waals surface area contributed by atoms with Gasteiger partial charge in [-0.15, -0.1) is 0 Å². The number of nitrogens with zero attached hydrogens (tertiary/aromatic N) is 1. The summed E-state index contributed by atoms with van der Waals surface area (Å²) < 4.78 is 2.18. The van der Waals surface area contributed by atoms with Gasteiger partial charge >= 0.3 is 0 Å². The summed E-state index contributed by atoms with van der Waals surface area (Å²) in [5, 5.41) is 9.94. The van der Waals surface area contributed by atoms with Crippen molar-refractivity contribution in [3.63, 3.8) is 0 Å². The van der Waals surface area contributed by atoms with E-state index < -0.39 is 0 Å². The Kier molecular flexibility index (Phi) is 3.36. The minimum absolute atomic E-state index is 0.941. The molecule has 0 radical (unpaired) electrons. The maximum atomic E-state index is 5.42. The lowest BCUT2D eigenvalue weighted by Crippen LogP contribution is -2.25. The minimum atomic E-state index is 0.941. The lowest BCUT2D eigenvalue weighted by molar-refractivity contribution is 0.661. The third kappa shape index (κ3) is 1.88. The van der Waals surface area contributed by atoms with E-state index in [9.17, 15) is 0 Å². The molecule has 0 saturated heterocycles. The zero-order valence-electron chi connectivity index (χ0n) is 9.28. The molecule has 2 rings (SSSR count). The summed E-state index contributed by atoms with van der Waals surface area (Å²) in [5.74, 6) is 0.966. The zero-order valence-corrected chi connectivity index (χ0v) is 10.1. The van der Waals surface area contributed by atoms with Crippen LogP contribution in [0.1, 0.15) is 6.42 Å². The van der Waals surface area contributed by atoms with Gasteiger partial charge in [0.2, 0.25) is 0 Å². The summed E-state index contributed by atoms with van der Waals surface area (Å²) in [6.45, 7) is 9.21. The molecule has 16 heavy (non-hydrogen) atoms. The molecule has 1 aromatic carbocycles. The van der Waals surface area contributed by atoms with Crippen LogP contribution in [0.2, 0.25) is 0 Å². The summed E-state index contributed by atoms with van der Waals surface area (Å²) in [5.41, 5.74) is 0. The highest BCUT2D eigenvalue weighted by molar-refractivity contribution is 7.97. The maximum Gasteiger partial charge on any atom is 0.0418 e. The Labute approximate surface area is 99.6 Å². The fourth-order valence-electron chi connectivity index (χ4n) is 2.02. The normalized spacial score (nSPS) is 11.1. The molecule has 0 spiro atoms. The summed E-state index contributed by atoms with van der Waals surface area (Å²) in [4.78, 5) is 0. The van der Waals surface area contributed by atoms with Crippen LogP contribution in [0.5, 0.6) is 0 Å². The monoisotopic (exact) mass is 232 g/mol. The Balaban J connectivity index is 2.46. The molecule has 2 nitrogen and oxygen atoms in total. The van der Waals surface area contributed by atoms with Crippen molar-refractivity contribution in [1.29, 1.82) is 0 Å². The van der Waals surface area contributed by atoms with Crippen LogP contribution in [0.4, 0.5) is 0 Å². The predicted molar refractivity (Wildman–Crippen MR) is 73.5 cm³/mol. The van der Waals surface area contributed by atoms with E-state index in [0.717, 1.165) is 29.4 Å². The van der Waals surface area contributed by atoms with Gasteiger partial charge in [-0.05, 0) is 6.42 Å². The Morgan fingerprint density at radius 1 is 1.12 bits per heavy atom. The number of nitrogens with two attached hydrogens (primary N) is 1. The average molecular weight is 232 g/mol. The number of benzene rings is 1. The quantitative estimate of drug-likeness (QED) is 0.639. The van der Waals surface area contributed by atoms with Crippen LogP contribution in [-0.2, 0) is 6.54 Å². The van der Waals surface area contributed by atoms with Crippen molar-refractivity contribution in [2.45, 2.75) is 13.0 Å². The summed E-state index contributed by atoms with van der Waals surface area (Å²) in [6, 6.07) is 8.27. The van der Waals surface area contributed by atoms with Crippen molar-refractivity contribution < 1.29 is 0 Å². The van der Waals surface area contributed by atoms with Gasteiger partial charge in [-0.3, -0.25) is 5.14 Å². The van der Waals surface area contributed by atoms with Gasteiger partial charge in [0.15, 0.2) is 0 Å². The molecule has 2 aromatic rings. The number of fused-ring (bicyclic) bond motifs is 1. The molecule has 0 aliphatic rings. The Hall–Kier alpha value is -1.19. The second-order valence-corrected chi connectivity index (χ2v) is 4.56. The summed E-state index contributed by atoms with van der Waals surface area (Å²) in [7, 11) is 0. The molecular weight excluding hydrogens is 216 g/mol. The van der Waals surface area contributed by atoms with Crippen LogP contribution in [0.15, 0.2) is 24.3 Å². The Bertz CT molecular complexity index is 539. The number of aromatic nitrogens is 1. The van der Waals surface area contributed by atoms with Gasteiger partial charge in [-0.1, -0.05) is 49.4 Å². The molecule has 0 saturated carbocycles. The third-order valence-electron chi connectivity index (χ3n) is 2.84. The van der Waals surface area contributed by atoms with Crippen molar-refractivity contribution >= 4 is 35.9 Å². The lowest BCUT2D eigenvalue weighted by atomic mass is 10.2. The van der Waals surface area contributed by atoms with Crippen LogP contribution >= 0.6 is 11.9 Å². The molecule has 84 valence electrons. The molecule has 1 heterocycles. The van der Waals surface area contributed by atoms with Crippen LogP contribution in [0.25, 0.3) is 23.9 Å². The first-order valence-electron chi connectivity index (χ1n) is 5.32. The molecule has 0 atom stereocenters. The van der Waals surface area contributed by atoms with Gasteiger partial charge in [-0.25, -0.2) is 0 Å². The van der Waals surface area contributed by atoms with Crippen LogP contribution in [0.3, 0.4) is 0 Å². The fraction of sp³-hybridized carbons (Fsp3) is 0.231. The molecule has 0 aliphatic heterocycles. The van der Waals surface area contributed by atoms with E-state index in [1.165, 1.54) is 22.7 Å².